The molecule has 0 bridgehead atoms. The molecule has 0 fully saturated rings. The lowest BCUT2D eigenvalue weighted by molar-refractivity contribution is 0.0946. The van der Waals surface area contributed by atoms with E-state index in [2.05, 4.69) is 20.8 Å². The van der Waals surface area contributed by atoms with E-state index in [1.54, 1.807) is 24.3 Å². The number of amides is 1. The van der Waals surface area contributed by atoms with Gasteiger partial charge in [-0.05, 0) is 46.8 Å². The number of nitrogens with one attached hydrogen (secondary N) is 1. The highest BCUT2D eigenvalue weighted by Crippen LogP contribution is 2.22. The second-order valence-corrected chi connectivity index (χ2v) is 7.58. The van der Waals surface area contributed by atoms with Gasteiger partial charge in [0, 0.05) is 0 Å². The SMILES string of the molecule is COc1ccc(-n2nnnc2CNC(=O)c2ccccc2S(=O)(=O)C(F)F)cc1. The molecule has 12 heteroatoms. The minimum absolute atomic E-state index is 0.166. The van der Waals surface area contributed by atoms with Crippen LogP contribution in [0.2, 0.25) is 0 Å². The van der Waals surface area contributed by atoms with Crippen LogP contribution in [-0.4, -0.2) is 47.4 Å². The Morgan fingerprint density at radius 1 is 1.17 bits per heavy atom. The fraction of sp³-hybridized carbons (Fsp3) is 0.176. The fourth-order valence-electron chi connectivity index (χ4n) is 2.49. The highest BCUT2D eigenvalue weighted by molar-refractivity contribution is 7.91. The summed E-state index contributed by atoms with van der Waals surface area (Å²) < 4.78 is 55.8. The molecule has 29 heavy (non-hydrogen) atoms. The first-order chi connectivity index (χ1) is 13.8. The van der Waals surface area contributed by atoms with Gasteiger partial charge in [-0.3, -0.25) is 4.79 Å². The number of halogens is 2. The van der Waals surface area contributed by atoms with Gasteiger partial charge in [-0.2, -0.15) is 13.5 Å². The second kappa shape index (κ2) is 8.31. The predicted molar refractivity (Wildman–Crippen MR) is 96.5 cm³/mol. The molecule has 0 aliphatic carbocycles. The van der Waals surface area contributed by atoms with E-state index in [1.807, 2.05) is 0 Å². The quantitative estimate of drug-likeness (QED) is 0.614. The third kappa shape index (κ3) is 4.21. The van der Waals surface area contributed by atoms with Gasteiger partial charge in [0.15, 0.2) is 5.82 Å². The maximum absolute atomic E-state index is 12.9. The molecule has 152 valence electrons. The Morgan fingerprint density at radius 3 is 2.52 bits per heavy atom. The first-order valence-electron chi connectivity index (χ1n) is 8.15. The molecule has 0 aliphatic rings. The van der Waals surface area contributed by atoms with Gasteiger partial charge in [0.1, 0.15) is 5.75 Å². The molecule has 0 unspecified atom stereocenters. The zero-order valence-electron chi connectivity index (χ0n) is 15.0. The number of aromatic nitrogens is 4. The number of methoxy groups -OCH3 is 1. The zero-order valence-corrected chi connectivity index (χ0v) is 15.8. The molecule has 1 heterocycles. The van der Waals surface area contributed by atoms with Crippen LogP contribution in [0.25, 0.3) is 5.69 Å². The lowest BCUT2D eigenvalue weighted by atomic mass is 10.2. The number of ether oxygens (including phenoxy) is 1. The molecule has 0 saturated heterocycles. The predicted octanol–water partition coefficient (Wildman–Crippen LogP) is 1.60. The van der Waals surface area contributed by atoms with E-state index in [-0.39, 0.29) is 12.4 Å². The first kappa shape index (κ1) is 20.3. The highest BCUT2D eigenvalue weighted by Gasteiger charge is 2.30. The minimum Gasteiger partial charge on any atom is -0.497 e. The summed E-state index contributed by atoms with van der Waals surface area (Å²) in [5.41, 5.74) is 0.206. The monoisotopic (exact) mass is 423 g/mol. The van der Waals surface area contributed by atoms with Gasteiger partial charge in [0.2, 0.25) is 9.84 Å². The fourth-order valence-corrected chi connectivity index (χ4v) is 3.42. The molecule has 0 aliphatic heterocycles. The van der Waals surface area contributed by atoms with Crippen LogP contribution in [-0.2, 0) is 16.4 Å². The minimum atomic E-state index is -4.93. The second-order valence-electron chi connectivity index (χ2n) is 5.69. The summed E-state index contributed by atoms with van der Waals surface area (Å²) in [5, 5.41) is 13.7. The van der Waals surface area contributed by atoms with E-state index in [0.29, 0.717) is 11.4 Å². The van der Waals surface area contributed by atoms with E-state index in [9.17, 15) is 22.0 Å². The number of hydrogen-bond donors (Lipinski definition) is 1. The number of rotatable bonds is 7. The Balaban J connectivity index is 1.81. The van der Waals surface area contributed by atoms with Crippen molar-refractivity contribution in [3.8, 4) is 11.4 Å². The number of carbonyl (C=O) groups excluding carboxylic acids is 1. The van der Waals surface area contributed by atoms with Gasteiger partial charge in [0.05, 0.1) is 29.8 Å². The largest absolute Gasteiger partial charge is 0.497 e. The molecule has 1 amide bonds. The molecule has 0 saturated carbocycles. The summed E-state index contributed by atoms with van der Waals surface area (Å²) in [6, 6.07) is 11.5. The lowest BCUT2D eigenvalue weighted by Crippen LogP contribution is -2.27. The highest BCUT2D eigenvalue weighted by atomic mass is 32.2. The van der Waals surface area contributed by atoms with E-state index in [1.165, 1.54) is 23.9 Å². The molecule has 0 radical (unpaired) electrons. The molecular weight excluding hydrogens is 408 g/mol. The summed E-state index contributed by atoms with van der Waals surface area (Å²) in [7, 11) is -3.41. The number of nitrogens with zero attached hydrogens (tertiary/aromatic N) is 4. The Labute approximate surface area is 164 Å². The number of benzene rings is 2. The first-order valence-corrected chi connectivity index (χ1v) is 9.70. The Bertz CT molecular complexity index is 1120. The van der Waals surface area contributed by atoms with E-state index < -0.39 is 32.0 Å². The molecule has 1 aromatic heterocycles. The van der Waals surface area contributed by atoms with Crippen molar-refractivity contribution in [2.45, 2.75) is 17.2 Å². The third-order valence-corrected chi connectivity index (χ3v) is 5.37. The van der Waals surface area contributed by atoms with Crippen LogP contribution in [0.1, 0.15) is 16.2 Å². The van der Waals surface area contributed by atoms with Crippen LogP contribution in [0.4, 0.5) is 8.78 Å². The standard InChI is InChI=1S/C17H15F2N5O4S/c1-28-12-8-6-11(7-9-12)24-15(21-22-23-24)10-20-16(25)13-4-2-3-5-14(13)29(26,27)17(18)19/h2-9,17H,10H2,1H3,(H,20,25). The van der Waals surface area contributed by atoms with Crippen molar-refractivity contribution in [2.75, 3.05) is 7.11 Å². The van der Waals surface area contributed by atoms with Gasteiger partial charge >= 0.3 is 5.76 Å². The van der Waals surface area contributed by atoms with Crippen molar-refractivity contribution in [3.05, 3.63) is 59.9 Å². The molecule has 0 spiro atoms. The van der Waals surface area contributed by atoms with Crippen LogP contribution >= 0.6 is 0 Å². The molecule has 3 aromatic rings. The van der Waals surface area contributed by atoms with Gasteiger partial charge < -0.3 is 10.1 Å². The van der Waals surface area contributed by atoms with Crippen LogP contribution in [0.5, 0.6) is 5.75 Å². The lowest BCUT2D eigenvalue weighted by Gasteiger charge is -2.10. The smallest absolute Gasteiger partial charge is 0.341 e. The number of alkyl halides is 2. The van der Waals surface area contributed by atoms with Gasteiger partial charge in [-0.1, -0.05) is 12.1 Å². The molecule has 1 N–H and O–H groups in total. The van der Waals surface area contributed by atoms with Crippen molar-refractivity contribution in [3.63, 3.8) is 0 Å². The summed E-state index contributed by atoms with van der Waals surface area (Å²) in [6.45, 7) is -0.166. The van der Waals surface area contributed by atoms with E-state index >= 15 is 0 Å². The van der Waals surface area contributed by atoms with Crippen molar-refractivity contribution in [1.82, 2.24) is 25.5 Å². The van der Waals surface area contributed by atoms with Gasteiger partial charge in [-0.15, -0.1) is 5.10 Å². The number of carbonyl (C=O) groups is 1. The molecule has 3 rings (SSSR count). The number of sulfone groups is 1. The van der Waals surface area contributed by atoms with Gasteiger partial charge in [-0.25, -0.2) is 8.42 Å². The Hall–Kier alpha value is -3.41. The molecule has 9 nitrogen and oxygen atoms in total. The Morgan fingerprint density at radius 2 is 1.86 bits per heavy atom. The number of hydrogen-bond acceptors (Lipinski definition) is 7. The normalized spacial score (nSPS) is 11.4. The van der Waals surface area contributed by atoms with Crippen LogP contribution in [0.15, 0.2) is 53.4 Å². The van der Waals surface area contributed by atoms with Crippen molar-refractivity contribution < 1.29 is 26.7 Å². The molecule has 0 atom stereocenters. The zero-order chi connectivity index (χ0) is 21.0. The summed E-state index contributed by atoms with van der Waals surface area (Å²) in [5.74, 6) is -3.61. The Kier molecular flexibility index (Phi) is 5.82. The van der Waals surface area contributed by atoms with Crippen LogP contribution in [0, 0.1) is 0 Å². The van der Waals surface area contributed by atoms with Crippen molar-refractivity contribution in [1.29, 1.82) is 0 Å². The molecular formula is C17H15F2N5O4S. The average molecular weight is 423 g/mol. The van der Waals surface area contributed by atoms with E-state index in [0.717, 1.165) is 12.1 Å². The van der Waals surface area contributed by atoms with Crippen LogP contribution in [0.3, 0.4) is 0 Å². The maximum atomic E-state index is 12.9. The average Bonchev–Trinajstić information content (AvgIpc) is 3.20. The van der Waals surface area contributed by atoms with Crippen LogP contribution < -0.4 is 10.1 Å². The van der Waals surface area contributed by atoms with Crippen molar-refractivity contribution >= 4 is 15.7 Å². The maximum Gasteiger partial charge on any atom is 0.341 e. The summed E-state index contributed by atoms with van der Waals surface area (Å²) in [6.07, 6.45) is 0. The molecule has 2 aromatic carbocycles. The van der Waals surface area contributed by atoms with Gasteiger partial charge in [0.25, 0.3) is 5.91 Å². The van der Waals surface area contributed by atoms with E-state index in [4.69, 9.17) is 4.74 Å². The third-order valence-electron chi connectivity index (χ3n) is 3.93. The topological polar surface area (TPSA) is 116 Å². The summed E-state index contributed by atoms with van der Waals surface area (Å²) >= 11 is 0. The number of tetrazole rings is 1. The summed E-state index contributed by atoms with van der Waals surface area (Å²) in [4.78, 5) is 11.7. The van der Waals surface area contributed by atoms with Crippen molar-refractivity contribution in [2.24, 2.45) is 0 Å².